The number of pyridine rings is 1. The van der Waals surface area contributed by atoms with Crippen molar-refractivity contribution >= 4 is 17.6 Å². The van der Waals surface area contributed by atoms with Gasteiger partial charge in [0, 0.05) is 5.56 Å². The average Bonchev–Trinajstić information content (AvgIpc) is 2.17. The Hall–Kier alpha value is -1.23. The van der Waals surface area contributed by atoms with Gasteiger partial charge in [-0.3, -0.25) is 4.79 Å². The van der Waals surface area contributed by atoms with Gasteiger partial charge in [-0.05, 0) is 19.1 Å². The number of esters is 1. The van der Waals surface area contributed by atoms with Crippen LogP contribution in [0.25, 0.3) is 0 Å². The largest absolute Gasteiger partial charge is 0.466 e. The summed E-state index contributed by atoms with van der Waals surface area (Å²) in [6, 6.07) is 2.42. The van der Waals surface area contributed by atoms with Crippen molar-refractivity contribution in [2.75, 3.05) is 6.61 Å². The van der Waals surface area contributed by atoms with Crippen LogP contribution in [0.15, 0.2) is 12.1 Å². The molecule has 3 nitrogen and oxygen atoms in total. The van der Waals surface area contributed by atoms with Crippen LogP contribution in [0.5, 0.6) is 0 Å². The number of ether oxygens (including phenoxy) is 1. The monoisotopic (exact) mass is 249 g/mol. The fraction of sp³-hybridized carbons (Fsp3) is 0.400. The fourth-order valence-corrected chi connectivity index (χ4v) is 1.34. The molecule has 0 bridgehead atoms. The van der Waals surface area contributed by atoms with Crippen LogP contribution in [-0.4, -0.2) is 17.6 Å². The van der Waals surface area contributed by atoms with Gasteiger partial charge in [0.15, 0.2) is 0 Å². The summed E-state index contributed by atoms with van der Waals surface area (Å²) in [5.74, 6) is -0.598. The van der Waals surface area contributed by atoms with Crippen molar-refractivity contribution in [2.45, 2.75) is 19.8 Å². The van der Waals surface area contributed by atoms with Crippen LogP contribution in [0, 0.1) is 0 Å². The third-order valence-electron chi connectivity index (χ3n) is 1.83. The maximum atomic E-state index is 12.6. The molecular formula is C10H10ClF2NO2. The Morgan fingerprint density at radius 1 is 1.56 bits per heavy atom. The first-order chi connectivity index (χ1) is 7.54. The molecule has 0 saturated heterocycles. The molecule has 1 aromatic rings. The van der Waals surface area contributed by atoms with Crippen molar-refractivity contribution in [2.24, 2.45) is 0 Å². The normalized spacial score (nSPS) is 10.6. The Morgan fingerprint density at radius 3 is 2.81 bits per heavy atom. The fourth-order valence-electron chi connectivity index (χ4n) is 1.17. The van der Waals surface area contributed by atoms with E-state index in [0.717, 1.165) is 6.07 Å². The molecule has 0 saturated carbocycles. The summed E-state index contributed by atoms with van der Waals surface area (Å²) in [6.45, 7) is 1.83. The zero-order chi connectivity index (χ0) is 12.1. The summed E-state index contributed by atoms with van der Waals surface area (Å²) in [5, 5.41) is 0.0729. The second kappa shape index (κ2) is 5.75. The van der Waals surface area contributed by atoms with E-state index in [0.29, 0.717) is 0 Å². The first-order valence-corrected chi connectivity index (χ1v) is 5.01. The van der Waals surface area contributed by atoms with E-state index in [-0.39, 0.29) is 29.4 Å². The lowest BCUT2D eigenvalue weighted by Crippen LogP contribution is -2.11. The molecule has 0 N–H and O–H groups in total. The number of halogens is 3. The Morgan fingerprint density at radius 2 is 2.25 bits per heavy atom. The van der Waals surface area contributed by atoms with Crippen LogP contribution in [-0.2, 0) is 16.0 Å². The Balaban J connectivity index is 2.92. The van der Waals surface area contributed by atoms with Crippen LogP contribution in [0.3, 0.4) is 0 Å². The Bertz CT molecular complexity index is 385. The summed E-state index contributed by atoms with van der Waals surface area (Å²) in [7, 11) is 0. The van der Waals surface area contributed by atoms with Gasteiger partial charge in [-0.25, -0.2) is 13.8 Å². The van der Waals surface area contributed by atoms with Gasteiger partial charge in [0.05, 0.1) is 18.7 Å². The number of nitrogens with zero attached hydrogens (tertiary/aromatic N) is 1. The van der Waals surface area contributed by atoms with Crippen LogP contribution in [0.4, 0.5) is 8.78 Å². The third kappa shape index (κ3) is 3.41. The highest BCUT2D eigenvalue weighted by atomic mass is 35.5. The molecule has 1 heterocycles. The second-order valence-electron chi connectivity index (χ2n) is 2.95. The van der Waals surface area contributed by atoms with Gasteiger partial charge in [-0.2, -0.15) is 0 Å². The molecule has 0 radical (unpaired) electrons. The second-order valence-corrected chi connectivity index (χ2v) is 3.34. The molecular weight excluding hydrogens is 240 g/mol. The first-order valence-electron chi connectivity index (χ1n) is 4.63. The lowest BCUT2D eigenvalue weighted by Gasteiger charge is -2.07. The highest BCUT2D eigenvalue weighted by molar-refractivity contribution is 6.29. The van der Waals surface area contributed by atoms with Crippen molar-refractivity contribution in [3.8, 4) is 0 Å². The summed E-state index contributed by atoms with van der Waals surface area (Å²) < 4.78 is 29.8. The number of hydrogen-bond donors (Lipinski definition) is 0. The molecule has 0 aliphatic carbocycles. The highest BCUT2D eigenvalue weighted by Gasteiger charge is 2.17. The van der Waals surface area contributed by atoms with Gasteiger partial charge in [0.25, 0.3) is 6.43 Å². The molecule has 0 unspecified atom stereocenters. The standard InChI is InChI=1S/C10H10ClF2NO2/c1-2-16-9(15)5-7-6(10(12)13)3-4-8(11)14-7/h3-4,10H,2,5H2,1H3. The van der Waals surface area contributed by atoms with Crippen LogP contribution < -0.4 is 0 Å². The van der Waals surface area contributed by atoms with Gasteiger partial charge in [0.2, 0.25) is 0 Å². The van der Waals surface area contributed by atoms with E-state index in [1.807, 2.05) is 0 Å². The number of hydrogen-bond acceptors (Lipinski definition) is 3. The summed E-state index contributed by atoms with van der Waals surface area (Å²) >= 11 is 5.57. The van der Waals surface area contributed by atoms with Crippen LogP contribution in [0.2, 0.25) is 5.15 Å². The average molecular weight is 250 g/mol. The number of carbonyl (C=O) groups excluding carboxylic acids is 1. The zero-order valence-corrected chi connectivity index (χ0v) is 9.30. The quantitative estimate of drug-likeness (QED) is 0.608. The summed E-state index contributed by atoms with van der Waals surface area (Å²) in [5.41, 5.74) is -0.335. The van der Waals surface area contributed by atoms with Gasteiger partial charge >= 0.3 is 5.97 Å². The minimum Gasteiger partial charge on any atom is -0.466 e. The molecule has 88 valence electrons. The highest BCUT2D eigenvalue weighted by Crippen LogP contribution is 2.23. The molecule has 0 aromatic carbocycles. The van der Waals surface area contributed by atoms with Gasteiger partial charge in [0.1, 0.15) is 5.15 Å². The predicted molar refractivity (Wildman–Crippen MR) is 54.5 cm³/mol. The zero-order valence-electron chi connectivity index (χ0n) is 8.54. The molecule has 0 aliphatic rings. The number of alkyl halides is 2. The van der Waals surface area contributed by atoms with E-state index in [2.05, 4.69) is 9.72 Å². The number of rotatable bonds is 4. The minimum absolute atomic E-state index is 0.0408. The van der Waals surface area contributed by atoms with E-state index < -0.39 is 12.4 Å². The predicted octanol–water partition coefficient (Wildman–Crippen LogP) is 2.78. The SMILES string of the molecule is CCOC(=O)Cc1nc(Cl)ccc1C(F)F. The van der Waals surface area contributed by atoms with Crippen molar-refractivity contribution in [3.05, 3.63) is 28.5 Å². The van der Waals surface area contributed by atoms with Gasteiger partial charge < -0.3 is 4.74 Å². The molecule has 0 fully saturated rings. The van der Waals surface area contributed by atoms with E-state index >= 15 is 0 Å². The molecule has 0 amide bonds. The summed E-state index contributed by atoms with van der Waals surface area (Å²) in [4.78, 5) is 14.8. The maximum absolute atomic E-state index is 12.6. The number of aromatic nitrogens is 1. The lowest BCUT2D eigenvalue weighted by atomic mass is 10.1. The topological polar surface area (TPSA) is 39.2 Å². The summed E-state index contributed by atoms with van der Waals surface area (Å²) in [6.07, 6.45) is -2.98. The molecule has 1 rings (SSSR count). The minimum atomic E-state index is -2.69. The van der Waals surface area contributed by atoms with Gasteiger partial charge in [-0.15, -0.1) is 0 Å². The molecule has 16 heavy (non-hydrogen) atoms. The van der Waals surface area contributed by atoms with Crippen LogP contribution in [0.1, 0.15) is 24.6 Å². The Labute approximate surface area is 96.4 Å². The van der Waals surface area contributed by atoms with Crippen molar-refractivity contribution in [1.29, 1.82) is 0 Å². The molecule has 0 atom stereocenters. The van der Waals surface area contributed by atoms with Crippen molar-refractivity contribution < 1.29 is 18.3 Å². The van der Waals surface area contributed by atoms with E-state index in [1.54, 1.807) is 6.92 Å². The van der Waals surface area contributed by atoms with Gasteiger partial charge in [-0.1, -0.05) is 11.6 Å². The van der Waals surface area contributed by atoms with E-state index in [9.17, 15) is 13.6 Å². The smallest absolute Gasteiger partial charge is 0.311 e. The third-order valence-corrected chi connectivity index (χ3v) is 2.04. The van der Waals surface area contributed by atoms with Crippen LogP contribution >= 0.6 is 11.6 Å². The van der Waals surface area contributed by atoms with E-state index in [1.165, 1.54) is 6.07 Å². The van der Waals surface area contributed by atoms with Crippen molar-refractivity contribution in [3.63, 3.8) is 0 Å². The first kappa shape index (κ1) is 12.8. The Kier molecular flexibility index (Phi) is 4.61. The van der Waals surface area contributed by atoms with E-state index in [4.69, 9.17) is 11.6 Å². The maximum Gasteiger partial charge on any atom is 0.311 e. The molecule has 0 aliphatic heterocycles. The molecule has 0 spiro atoms. The lowest BCUT2D eigenvalue weighted by molar-refractivity contribution is -0.142. The number of carbonyl (C=O) groups is 1. The van der Waals surface area contributed by atoms with Crippen molar-refractivity contribution in [1.82, 2.24) is 4.98 Å². The molecule has 6 heteroatoms. The molecule has 1 aromatic heterocycles.